The predicted molar refractivity (Wildman–Crippen MR) is 136 cm³/mol. The van der Waals surface area contributed by atoms with Crippen molar-refractivity contribution < 1.29 is 14.3 Å². The fourth-order valence-electron chi connectivity index (χ4n) is 3.91. The summed E-state index contributed by atoms with van der Waals surface area (Å²) in [5, 5.41) is 5.41. The lowest BCUT2D eigenvalue weighted by Crippen LogP contribution is -2.46. The summed E-state index contributed by atoms with van der Waals surface area (Å²) in [6.07, 6.45) is 1.76. The number of nitrogens with one attached hydrogen (secondary N) is 1. The number of halogens is 1. The number of hydrogen-bond acceptors (Lipinski definition) is 4. The minimum Gasteiger partial charge on any atom is -0.376 e. The van der Waals surface area contributed by atoms with Gasteiger partial charge in [0.2, 0.25) is 5.91 Å². The number of urea groups is 1. The SMILES string of the molecule is O=C(CN(C[C@@H]1CCCO1)C(=O)Nc1cccc(Cl)c1)N(Cc1ccccc1)Cc1cccs1. The first-order chi connectivity index (χ1) is 16.6. The van der Waals surface area contributed by atoms with Gasteiger partial charge in [-0.15, -0.1) is 11.3 Å². The first-order valence-corrected chi connectivity index (χ1v) is 12.6. The average molecular weight is 498 g/mol. The Morgan fingerprint density at radius 2 is 1.88 bits per heavy atom. The van der Waals surface area contributed by atoms with E-state index in [9.17, 15) is 9.59 Å². The van der Waals surface area contributed by atoms with Gasteiger partial charge in [-0.1, -0.05) is 54.1 Å². The molecule has 178 valence electrons. The molecule has 1 aromatic heterocycles. The maximum atomic E-state index is 13.5. The van der Waals surface area contributed by atoms with Gasteiger partial charge in [0.05, 0.1) is 12.6 Å². The summed E-state index contributed by atoms with van der Waals surface area (Å²) in [6, 6.07) is 20.5. The highest BCUT2D eigenvalue weighted by Gasteiger charge is 2.27. The first kappa shape index (κ1) is 24.3. The van der Waals surface area contributed by atoms with Gasteiger partial charge in [0, 0.05) is 35.3 Å². The van der Waals surface area contributed by atoms with Crippen molar-refractivity contribution in [2.45, 2.75) is 32.0 Å². The van der Waals surface area contributed by atoms with Crippen molar-refractivity contribution in [3.8, 4) is 0 Å². The second-order valence-corrected chi connectivity index (χ2v) is 9.74. The summed E-state index contributed by atoms with van der Waals surface area (Å²) in [4.78, 5) is 31.2. The molecule has 1 atom stereocenters. The van der Waals surface area contributed by atoms with Gasteiger partial charge in [0.1, 0.15) is 6.54 Å². The third kappa shape index (κ3) is 7.06. The van der Waals surface area contributed by atoms with Crippen molar-refractivity contribution in [3.63, 3.8) is 0 Å². The van der Waals surface area contributed by atoms with E-state index < -0.39 is 0 Å². The Morgan fingerprint density at radius 3 is 2.59 bits per heavy atom. The highest BCUT2D eigenvalue weighted by atomic mass is 35.5. The maximum absolute atomic E-state index is 13.5. The Balaban J connectivity index is 1.50. The number of carbonyl (C=O) groups excluding carboxylic acids is 2. The van der Waals surface area contributed by atoms with Crippen LogP contribution in [0.15, 0.2) is 72.1 Å². The molecule has 0 unspecified atom stereocenters. The molecule has 2 heterocycles. The molecule has 3 amide bonds. The summed E-state index contributed by atoms with van der Waals surface area (Å²) in [7, 11) is 0. The number of thiophene rings is 1. The molecule has 0 spiro atoms. The Hall–Kier alpha value is -2.87. The van der Waals surface area contributed by atoms with Crippen LogP contribution in [-0.2, 0) is 22.6 Å². The van der Waals surface area contributed by atoms with E-state index in [2.05, 4.69) is 5.32 Å². The molecular formula is C26H28ClN3O3S. The van der Waals surface area contributed by atoms with Gasteiger partial charge < -0.3 is 19.9 Å². The van der Waals surface area contributed by atoms with Crippen molar-refractivity contribution in [3.05, 3.63) is 87.6 Å². The standard InChI is InChI=1S/C26H28ClN3O3S/c27-21-9-4-10-22(15-21)28-26(32)30(17-23-11-5-13-33-23)19-25(31)29(18-24-12-6-14-34-24)16-20-7-2-1-3-8-20/h1-4,6-10,12,14-15,23H,5,11,13,16-19H2,(H,28,32)/t23-/m0/s1. The van der Waals surface area contributed by atoms with Gasteiger partial charge in [0.25, 0.3) is 0 Å². The highest BCUT2D eigenvalue weighted by molar-refractivity contribution is 7.09. The van der Waals surface area contributed by atoms with E-state index in [1.54, 1.807) is 45.4 Å². The third-order valence-corrected chi connectivity index (χ3v) is 6.73. The van der Waals surface area contributed by atoms with E-state index in [-0.39, 0.29) is 24.6 Å². The van der Waals surface area contributed by atoms with Crippen LogP contribution in [0.4, 0.5) is 10.5 Å². The Kier molecular flexibility index (Phi) is 8.57. The normalized spacial score (nSPS) is 15.1. The van der Waals surface area contributed by atoms with E-state index >= 15 is 0 Å². The van der Waals surface area contributed by atoms with Gasteiger partial charge in [-0.05, 0) is 48.1 Å². The molecule has 0 aliphatic carbocycles. The van der Waals surface area contributed by atoms with Crippen molar-refractivity contribution in [2.24, 2.45) is 0 Å². The van der Waals surface area contributed by atoms with Gasteiger partial charge in [-0.3, -0.25) is 4.79 Å². The van der Waals surface area contributed by atoms with Crippen molar-refractivity contribution >= 4 is 40.6 Å². The second kappa shape index (κ2) is 12.0. The van der Waals surface area contributed by atoms with Crippen LogP contribution in [0.2, 0.25) is 5.02 Å². The van der Waals surface area contributed by atoms with Crippen LogP contribution < -0.4 is 5.32 Å². The average Bonchev–Trinajstić information content (AvgIpc) is 3.53. The molecule has 0 radical (unpaired) electrons. The van der Waals surface area contributed by atoms with Crippen LogP contribution >= 0.6 is 22.9 Å². The Labute approximate surface area is 209 Å². The summed E-state index contributed by atoms with van der Waals surface area (Å²) in [5.41, 5.74) is 1.63. The minimum atomic E-state index is -0.345. The maximum Gasteiger partial charge on any atom is 0.322 e. The van der Waals surface area contributed by atoms with E-state index in [0.29, 0.717) is 37.0 Å². The quantitative estimate of drug-likeness (QED) is 0.416. The third-order valence-electron chi connectivity index (χ3n) is 5.63. The number of nitrogens with zero attached hydrogens (tertiary/aromatic N) is 2. The molecule has 0 saturated carbocycles. The van der Waals surface area contributed by atoms with Crippen LogP contribution in [0.3, 0.4) is 0 Å². The van der Waals surface area contributed by atoms with Crippen LogP contribution in [0, 0.1) is 0 Å². The zero-order valence-electron chi connectivity index (χ0n) is 18.9. The smallest absolute Gasteiger partial charge is 0.322 e. The van der Waals surface area contributed by atoms with Gasteiger partial charge in [-0.25, -0.2) is 4.79 Å². The number of benzene rings is 2. The lowest BCUT2D eigenvalue weighted by atomic mass is 10.2. The molecule has 0 bridgehead atoms. The van der Waals surface area contributed by atoms with Crippen molar-refractivity contribution in [1.82, 2.24) is 9.80 Å². The minimum absolute atomic E-state index is 0.0372. The molecule has 4 rings (SSSR count). The number of anilines is 1. The first-order valence-electron chi connectivity index (χ1n) is 11.3. The lowest BCUT2D eigenvalue weighted by molar-refractivity contribution is -0.133. The summed E-state index contributed by atoms with van der Waals surface area (Å²) in [5.74, 6) is -0.114. The Morgan fingerprint density at radius 1 is 1.03 bits per heavy atom. The van der Waals surface area contributed by atoms with E-state index in [1.807, 2.05) is 47.8 Å². The number of ether oxygens (including phenoxy) is 1. The highest BCUT2D eigenvalue weighted by Crippen LogP contribution is 2.19. The van der Waals surface area contributed by atoms with Gasteiger partial charge >= 0.3 is 6.03 Å². The molecule has 34 heavy (non-hydrogen) atoms. The largest absolute Gasteiger partial charge is 0.376 e. The zero-order valence-corrected chi connectivity index (χ0v) is 20.4. The predicted octanol–water partition coefficient (Wildman–Crippen LogP) is 5.64. The van der Waals surface area contributed by atoms with E-state index in [1.165, 1.54) is 0 Å². The molecule has 1 aliphatic rings. The van der Waals surface area contributed by atoms with Crippen LogP contribution in [0.25, 0.3) is 0 Å². The number of rotatable bonds is 9. The number of carbonyl (C=O) groups is 2. The lowest BCUT2D eigenvalue weighted by Gasteiger charge is -2.29. The summed E-state index contributed by atoms with van der Waals surface area (Å²) in [6.45, 7) is 1.97. The topological polar surface area (TPSA) is 61.9 Å². The molecular weight excluding hydrogens is 470 g/mol. The second-order valence-electron chi connectivity index (χ2n) is 8.27. The molecule has 1 saturated heterocycles. The van der Waals surface area contributed by atoms with Crippen molar-refractivity contribution in [2.75, 3.05) is 25.0 Å². The van der Waals surface area contributed by atoms with E-state index in [4.69, 9.17) is 16.3 Å². The summed E-state index contributed by atoms with van der Waals surface area (Å²) >= 11 is 7.69. The fourth-order valence-corrected chi connectivity index (χ4v) is 4.82. The molecule has 1 aliphatic heterocycles. The van der Waals surface area contributed by atoms with E-state index in [0.717, 1.165) is 23.3 Å². The van der Waals surface area contributed by atoms with Gasteiger partial charge in [-0.2, -0.15) is 0 Å². The number of hydrogen-bond donors (Lipinski definition) is 1. The summed E-state index contributed by atoms with van der Waals surface area (Å²) < 4.78 is 5.76. The van der Waals surface area contributed by atoms with Crippen LogP contribution in [-0.4, -0.2) is 47.5 Å². The fraction of sp³-hybridized carbons (Fsp3) is 0.308. The number of amides is 3. The molecule has 2 aromatic carbocycles. The molecule has 6 nitrogen and oxygen atoms in total. The van der Waals surface area contributed by atoms with Crippen LogP contribution in [0.5, 0.6) is 0 Å². The molecule has 1 fully saturated rings. The van der Waals surface area contributed by atoms with Crippen molar-refractivity contribution in [1.29, 1.82) is 0 Å². The molecule has 3 aromatic rings. The Bertz CT molecular complexity index is 1070. The monoisotopic (exact) mass is 497 g/mol. The molecule has 8 heteroatoms. The zero-order chi connectivity index (χ0) is 23.8. The van der Waals surface area contributed by atoms with Crippen LogP contribution in [0.1, 0.15) is 23.3 Å². The van der Waals surface area contributed by atoms with Gasteiger partial charge in [0.15, 0.2) is 0 Å². The molecule has 1 N–H and O–H groups in total.